The normalized spacial score (nSPS) is 11.5. The quantitative estimate of drug-likeness (QED) is 0.522. The van der Waals surface area contributed by atoms with Gasteiger partial charge in [-0.1, -0.05) is 15.9 Å². The first-order valence-corrected chi connectivity index (χ1v) is 7.98. The van der Waals surface area contributed by atoms with E-state index in [0.717, 1.165) is 21.1 Å². The Morgan fingerprint density at radius 2 is 1.84 bits per heavy atom. The minimum Gasteiger partial charge on any atom is -0.493 e. The molecule has 0 aromatic heterocycles. The summed E-state index contributed by atoms with van der Waals surface area (Å²) >= 11 is 6.93. The lowest BCUT2D eigenvalue weighted by molar-refractivity contribution is -0.0166. The predicted octanol–water partition coefficient (Wildman–Crippen LogP) is 4.55. The standard InChI is InChI=1S/C14H20Br2O3/c1-14(2,3)19-6-5-18-13-11(16)7-10(9-15)8-12(13)17-4/h7-8H,5-6,9H2,1-4H3. The van der Waals surface area contributed by atoms with Crippen LogP contribution >= 0.6 is 31.9 Å². The number of rotatable bonds is 6. The third-order valence-electron chi connectivity index (χ3n) is 2.31. The number of benzene rings is 1. The van der Waals surface area contributed by atoms with Gasteiger partial charge in [0.05, 0.1) is 23.8 Å². The van der Waals surface area contributed by atoms with Crippen molar-refractivity contribution in [1.82, 2.24) is 0 Å². The summed E-state index contributed by atoms with van der Waals surface area (Å²) in [4.78, 5) is 0. The molecule has 0 bridgehead atoms. The summed E-state index contributed by atoms with van der Waals surface area (Å²) in [7, 11) is 1.64. The summed E-state index contributed by atoms with van der Waals surface area (Å²) in [5.74, 6) is 1.43. The van der Waals surface area contributed by atoms with Crippen LogP contribution in [0.4, 0.5) is 0 Å². The lowest BCUT2D eigenvalue weighted by atomic mass is 10.2. The molecule has 0 amide bonds. The molecule has 0 N–H and O–H groups in total. The van der Waals surface area contributed by atoms with Crippen molar-refractivity contribution < 1.29 is 14.2 Å². The largest absolute Gasteiger partial charge is 0.493 e. The van der Waals surface area contributed by atoms with Crippen LogP contribution in [0.15, 0.2) is 16.6 Å². The van der Waals surface area contributed by atoms with Crippen LogP contribution in [-0.2, 0) is 10.1 Å². The first kappa shape index (κ1) is 16.8. The van der Waals surface area contributed by atoms with E-state index in [1.807, 2.05) is 32.9 Å². The van der Waals surface area contributed by atoms with Gasteiger partial charge >= 0.3 is 0 Å². The highest BCUT2D eigenvalue weighted by atomic mass is 79.9. The number of hydrogen-bond acceptors (Lipinski definition) is 3. The van der Waals surface area contributed by atoms with Crippen LogP contribution in [-0.4, -0.2) is 25.9 Å². The summed E-state index contributed by atoms with van der Waals surface area (Å²) in [6.45, 7) is 7.09. The maximum absolute atomic E-state index is 5.74. The number of alkyl halides is 1. The fourth-order valence-electron chi connectivity index (χ4n) is 1.48. The van der Waals surface area contributed by atoms with E-state index >= 15 is 0 Å². The molecule has 0 heterocycles. The van der Waals surface area contributed by atoms with E-state index in [2.05, 4.69) is 31.9 Å². The number of ether oxygens (including phenoxy) is 3. The minimum absolute atomic E-state index is 0.148. The predicted molar refractivity (Wildman–Crippen MR) is 84.5 cm³/mol. The van der Waals surface area contributed by atoms with E-state index in [0.29, 0.717) is 19.0 Å². The second kappa shape index (κ2) is 7.50. The Morgan fingerprint density at radius 3 is 2.37 bits per heavy atom. The van der Waals surface area contributed by atoms with Crippen molar-refractivity contribution >= 4 is 31.9 Å². The van der Waals surface area contributed by atoms with Crippen molar-refractivity contribution in [1.29, 1.82) is 0 Å². The zero-order chi connectivity index (χ0) is 14.5. The summed E-state index contributed by atoms with van der Waals surface area (Å²) in [6, 6.07) is 3.97. The van der Waals surface area contributed by atoms with E-state index in [4.69, 9.17) is 14.2 Å². The highest BCUT2D eigenvalue weighted by Gasteiger charge is 2.13. The molecule has 0 atom stereocenters. The van der Waals surface area contributed by atoms with Crippen LogP contribution in [0.1, 0.15) is 26.3 Å². The van der Waals surface area contributed by atoms with Crippen LogP contribution < -0.4 is 9.47 Å². The molecule has 0 saturated heterocycles. The number of hydrogen-bond donors (Lipinski definition) is 0. The van der Waals surface area contributed by atoms with Gasteiger partial charge in [0.15, 0.2) is 11.5 Å². The maximum Gasteiger partial charge on any atom is 0.175 e. The van der Waals surface area contributed by atoms with E-state index in [9.17, 15) is 0 Å². The first-order valence-electron chi connectivity index (χ1n) is 6.06. The SMILES string of the molecule is COc1cc(CBr)cc(Br)c1OCCOC(C)(C)C. The van der Waals surface area contributed by atoms with E-state index < -0.39 is 0 Å². The van der Waals surface area contributed by atoms with Gasteiger partial charge in [-0.15, -0.1) is 0 Å². The summed E-state index contributed by atoms with van der Waals surface area (Å²) in [6.07, 6.45) is 0. The zero-order valence-corrected chi connectivity index (χ0v) is 14.9. The average Bonchev–Trinajstić information content (AvgIpc) is 2.34. The first-order chi connectivity index (χ1) is 8.87. The highest BCUT2D eigenvalue weighted by molar-refractivity contribution is 9.10. The van der Waals surface area contributed by atoms with E-state index in [1.54, 1.807) is 7.11 Å². The summed E-state index contributed by atoms with van der Waals surface area (Å²) < 4.78 is 17.6. The van der Waals surface area contributed by atoms with Gasteiger partial charge in [0, 0.05) is 5.33 Å². The van der Waals surface area contributed by atoms with Crippen molar-refractivity contribution in [3.8, 4) is 11.5 Å². The van der Waals surface area contributed by atoms with E-state index in [-0.39, 0.29) is 5.60 Å². The molecule has 0 aliphatic rings. The van der Waals surface area contributed by atoms with Gasteiger partial charge in [0.25, 0.3) is 0 Å². The molecule has 5 heteroatoms. The Morgan fingerprint density at radius 1 is 1.16 bits per heavy atom. The fourth-order valence-corrected chi connectivity index (χ4v) is 2.41. The van der Waals surface area contributed by atoms with Crippen LogP contribution in [0, 0.1) is 0 Å². The third kappa shape index (κ3) is 5.71. The molecule has 3 nitrogen and oxygen atoms in total. The molecule has 0 radical (unpaired) electrons. The Labute approximate surface area is 131 Å². The van der Waals surface area contributed by atoms with Gasteiger partial charge in [0.2, 0.25) is 0 Å². The molecule has 0 aliphatic carbocycles. The Hall–Kier alpha value is -0.260. The van der Waals surface area contributed by atoms with Crippen LogP contribution in [0.3, 0.4) is 0 Å². The van der Waals surface area contributed by atoms with Crippen LogP contribution in [0.25, 0.3) is 0 Å². The molecule has 0 unspecified atom stereocenters. The smallest absolute Gasteiger partial charge is 0.175 e. The Balaban J connectivity index is 2.67. The molecular weight excluding hydrogens is 376 g/mol. The third-order valence-corrected chi connectivity index (χ3v) is 3.54. The minimum atomic E-state index is -0.148. The molecule has 0 saturated carbocycles. The number of halogens is 2. The molecule has 1 aromatic rings. The van der Waals surface area contributed by atoms with Gasteiger partial charge in [0.1, 0.15) is 6.61 Å². The van der Waals surface area contributed by atoms with Gasteiger partial charge in [-0.25, -0.2) is 0 Å². The molecule has 0 aliphatic heterocycles. The highest BCUT2D eigenvalue weighted by Crippen LogP contribution is 2.37. The van der Waals surface area contributed by atoms with E-state index in [1.165, 1.54) is 0 Å². The van der Waals surface area contributed by atoms with Crippen molar-refractivity contribution in [2.75, 3.05) is 20.3 Å². The van der Waals surface area contributed by atoms with Crippen molar-refractivity contribution in [3.05, 3.63) is 22.2 Å². The lowest BCUT2D eigenvalue weighted by Crippen LogP contribution is -2.22. The molecule has 108 valence electrons. The molecule has 0 spiro atoms. The maximum atomic E-state index is 5.74. The number of methoxy groups -OCH3 is 1. The zero-order valence-electron chi connectivity index (χ0n) is 11.8. The summed E-state index contributed by atoms with van der Waals surface area (Å²) in [5, 5.41) is 0.773. The van der Waals surface area contributed by atoms with Gasteiger partial charge in [-0.05, 0) is 54.4 Å². The van der Waals surface area contributed by atoms with Gasteiger partial charge in [-0.3, -0.25) is 0 Å². The Bertz CT molecular complexity index is 414. The molecule has 0 fully saturated rings. The fraction of sp³-hybridized carbons (Fsp3) is 0.571. The summed E-state index contributed by atoms with van der Waals surface area (Å²) in [5.41, 5.74) is 0.979. The molecule has 1 rings (SSSR count). The average molecular weight is 396 g/mol. The van der Waals surface area contributed by atoms with Crippen LogP contribution in [0.2, 0.25) is 0 Å². The monoisotopic (exact) mass is 394 g/mol. The van der Waals surface area contributed by atoms with Gasteiger partial charge in [-0.2, -0.15) is 0 Å². The van der Waals surface area contributed by atoms with Crippen molar-refractivity contribution in [2.45, 2.75) is 31.7 Å². The molecule has 19 heavy (non-hydrogen) atoms. The topological polar surface area (TPSA) is 27.7 Å². The Kier molecular flexibility index (Phi) is 6.63. The van der Waals surface area contributed by atoms with Crippen molar-refractivity contribution in [3.63, 3.8) is 0 Å². The van der Waals surface area contributed by atoms with Gasteiger partial charge < -0.3 is 14.2 Å². The molecular formula is C14H20Br2O3. The van der Waals surface area contributed by atoms with Crippen LogP contribution in [0.5, 0.6) is 11.5 Å². The van der Waals surface area contributed by atoms with Crippen molar-refractivity contribution in [2.24, 2.45) is 0 Å². The second-order valence-corrected chi connectivity index (χ2v) is 6.47. The molecule has 1 aromatic carbocycles. The lowest BCUT2D eigenvalue weighted by Gasteiger charge is -2.20. The second-order valence-electron chi connectivity index (χ2n) is 5.05.